The van der Waals surface area contributed by atoms with Crippen LogP contribution in [0, 0.1) is 5.82 Å². The lowest BCUT2D eigenvalue weighted by Gasteiger charge is -2.51. The topological polar surface area (TPSA) is 78.9 Å². The van der Waals surface area contributed by atoms with Crippen molar-refractivity contribution in [3.8, 4) is 0 Å². The predicted molar refractivity (Wildman–Crippen MR) is 120 cm³/mol. The molecule has 0 bridgehead atoms. The molecule has 2 aromatic rings. The summed E-state index contributed by atoms with van der Waals surface area (Å²) in [5.74, 6) is -4.05. The Morgan fingerprint density at radius 2 is 1.88 bits per heavy atom. The number of nitrogens with two attached hydrogens (primary N) is 1. The normalized spacial score (nSPS) is 27.8. The number of guanidine groups is 1. The highest BCUT2D eigenvalue weighted by molar-refractivity contribution is 6.32. The van der Waals surface area contributed by atoms with Crippen molar-refractivity contribution in [3.63, 3.8) is 0 Å². The number of amides is 1. The molecular formula is C24H25ClF3N3O2. The van der Waals surface area contributed by atoms with Gasteiger partial charge in [-0.05, 0) is 42.2 Å². The van der Waals surface area contributed by atoms with Crippen LogP contribution in [0.1, 0.15) is 49.8 Å². The molecular weight excluding hydrogens is 455 g/mol. The van der Waals surface area contributed by atoms with E-state index in [1.54, 1.807) is 25.1 Å². The van der Waals surface area contributed by atoms with Gasteiger partial charge in [0.05, 0.1) is 12.0 Å². The first kappa shape index (κ1) is 23.6. The summed E-state index contributed by atoms with van der Waals surface area (Å²) in [6.45, 7) is 2.41. The Labute approximate surface area is 195 Å². The van der Waals surface area contributed by atoms with Crippen LogP contribution in [0.15, 0.2) is 47.5 Å². The summed E-state index contributed by atoms with van der Waals surface area (Å²) < 4.78 is 40.5. The number of hydrogen-bond acceptors (Lipinski definition) is 4. The summed E-state index contributed by atoms with van der Waals surface area (Å²) in [4.78, 5) is 18.8. The van der Waals surface area contributed by atoms with Crippen LogP contribution in [0.4, 0.5) is 13.2 Å². The zero-order valence-corrected chi connectivity index (χ0v) is 19.0. The van der Waals surface area contributed by atoms with E-state index in [9.17, 15) is 23.1 Å². The van der Waals surface area contributed by atoms with Gasteiger partial charge in [0.1, 0.15) is 11.4 Å². The SMILES string of the molecule is CC(F)(F)C1(O)CC(N2C(=O)C[C@@](C)(c3cccc(Cc4ccc(F)cc4)c3Cl)N=C2N)C1. The van der Waals surface area contributed by atoms with Crippen molar-refractivity contribution in [3.05, 3.63) is 70.0 Å². The third-order valence-corrected chi connectivity index (χ3v) is 7.11. The molecule has 2 aromatic carbocycles. The largest absolute Gasteiger partial charge is 0.383 e. The van der Waals surface area contributed by atoms with Crippen molar-refractivity contribution >= 4 is 23.5 Å². The first-order valence-corrected chi connectivity index (χ1v) is 11.0. The fourth-order valence-electron chi connectivity index (χ4n) is 4.62. The Kier molecular flexibility index (Phi) is 5.73. The second kappa shape index (κ2) is 8.02. The van der Waals surface area contributed by atoms with Crippen LogP contribution in [-0.4, -0.2) is 39.4 Å². The molecule has 1 fully saturated rings. The van der Waals surface area contributed by atoms with Crippen LogP contribution in [-0.2, 0) is 16.8 Å². The maximum atomic E-state index is 13.6. The third kappa shape index (κ3) is 4.22. The van der Waals surface area contributed by atoms with E-state index in [-0.39, 0.29) is 36.9 Å². The van der Waals surface area contributed by atoms with Gasteiger partial charge in [0.15, 0.2) is 5.96 Å². The maximum absolute atomic E-state index is 13.6. The monoisotopic (exact) mass is 479 g/mol. The quantitative estimate of drug-likeness (QED) is 0.668. The van der Waals surface area contributed by atoms with Crippen LogP contribution in [0.25, 0.3) is 0 Å². The molecule has 4 rings (SSSR count). The van der Waals surface area contributed by atoms with Gasteiger partial charge in [-0.15, -0.1) is 0 Å². The minimum Gasteiger partial charge on any atom is -0.383 e. The van der Waals surface area contributed by atoms with Crippen molar-refractivity contribution in [1.29, 1.82) is 0 Å². The van der Waals surface area contributed by atoms with E-state index < -0.39 is 23.1 Å². The number of aliphatic hydroxyl groups is 1. The minimum atomic E-state index is -3.28. The molecule has 0 aromatic heterocycles. The van der Waals surface area contributed by atoms with E-state index in [0.717, 1.165) is 11.1 Å². The Morgan fingerprint density at radius 3 is 2.45 bits per heavy atom. The van der Waals surface area contributed by atoms with Gasteiger partial charge in [-0.2, -0.15) is 0 Å². The standard InChI is InChI=1S/C24H25ClF3N3O2/c1-22(18-5-3-4-15(20(18)25)10-14-6-8-16(26)9-7-14)13-19(32)31(21(29)30-22)17-11-24(33,12-17)23(2,27)28/h3-9,17,33H,10-13H2,1-2H3,(H2,29,30)/t17?,22-,24?/m0/s1. The maximum Gasteiger partial charge on any atom is 0.273 e. The highest BCUT2D eigenvalue weighted by atomic mass is 35.5. The molecule has 0 radical (unpaired) electrons. The summed E-state index contributed by atoms with van der Waals surface area (Å²) in [6.07, 6.45) is -0.134. The number of alkyl halides is 2. The number of benzene rings is 2. The van der Waals surface area contributed by atoms with E-state index >= 15 is 0 Å². The number of carbonyl (C=O) groups excluding carboxylic acids is 1. The minimum absolute atomic E-state index is 0.0507. The van der Waals surface area contributed by atoms with Gasteiger partial charge in [-0.3, -0.25) is 9.69 Å². The van der Waals surface area contributed by atoms with Gasteiger partial charge >= 0.3 is 0 Å². The molecule has 0 unspecified atom stereocenters. The van der Waals surface area contributed by atoms with Gasteiger partial charge in [-0.25, -0.2) is 18.2 Å². The van der Waals surface area contributed by atoms with E-state index in [4.69, 9.17) is 17.3 Å². The van der Waals surface area contributed by atoms with Crippen molar-refractivity contribution < 1.29 is 23.1 Å². The molecule has 5 nitrogen and oxygen atoms in total. The Bertz CT molecular complexity index is 1110. The molecule has 3 N–H and O–H groups in total. The van der Waals surface area contributed by atoms with Crippen LogP contribution in [0.5, 0.6) is 0 Å². The third-order valence-electron chi connectivity index (χ3n) is 6.67. The van der Waals surface area contributed by atoms with E-state index in [2.05, 4.69) is 4.99 Å². The molecule has 0 spiro atoms. The van der Waals surface area contributed by atoms with Crippen LogP contribution in [0.2, 0.25) is 5.02 Å². The molecule has 1 saturated carbocycles. The molecule has 1 atom stereocenters. The summed E-state index contributed by atoms with van der Waals surface area (Å²) in [5, 5.41) is 10.5. The Balaban J connectivity index is 1.59. The number of halogens is 4. The van der Waals surface area contributed by atoms with E-state index in [1.807, 2.05) is 12.1 Å². The number of aliphatic imine (C=N–C) groups is 1. The summed E-state index contributed by atoms with van der Waals surface area (Å²) >= 11 is 6.71. The summed E-state index contributed by atoms with van der Waals surface area (Å²) in [6, 6.07) is 10.9. The number of rotatable bonds is 5. The van der Waals surface area contributed by atoms with Gasteiger partial charge in [0.25, 0.3) is 5.92 Å². The van der Waals surface area contributed by atoms with Crippen LogP contribution in [0.3, 0.4) is 0 Å². The zero-order chi connectivity index (χ0) is 24.2. The molecule has 176 valence electrons. The molecule has 1 aliphatic carbocycles. The zero-order valence-electron chi connectivity index (χ0n) is 18.3. The van der Waals surface area contributed by atoms with E-state index in [1.165, 1.54) is 17.0 Å². The summed E-state index contributed by atoms with van der Waals surface area (Å²) in [7, 11) is 0. The number of hydrogen-bond donors (Lipinski definition) is 2. The number of nitrogens with zero attached hydrogens (tertiary/aromatic N) is 2. The Hall–Kier alpha value is -2.58. The molecule has 1 aliphatic heterocycles. The Morgan fingerprint density at radius 1 is 1.24 bits per heavy atom. The lowest BCUT2D eigenvalue weighted by molar-refractivity contribution is -0.224. The van der Waals surface area contributed by atoms with Gasteiger partial charge in [0, 0.05) is 30.8 Å². The fraction of sp³-hybridized carbons (Fsp3) is 0.417. The van der Waals surface area contributed by atoms with Crippen molar-refractivity contribution in [2.24, 2.45) is 10.7 Å². The van der Waals surface area contributed by atoms with Gasteiger partial charge in [-0.1, -0.05) is 41.9 Å². The first-order valence-electron chi connectivity index (χ1n) is 10.6. The molecule has 9 heteroatoms. The lowest BCUT2D eigenvalue weighted by Crippen LogP contribution is -2.66. The second-order valence-corrected chi connectivity index (χ2v) is 9.63. The van der Waals surface area contributed by atoms with Crippen molar-refractivity contribution in [2.75, 3.05) is 0 Å². The molecule has 2 aliphatic rings. The molecule has 1 heterocycles. The smallest absolute Gasteiger partial charge is 0.273 e. The first-order chi connectivity index (χ1) is 15.3. The number of carbonyl (C=O) groups is 1. The molecule has 33 heavy (non-hydrogen) atoms. The van der Waals surface area contributed by atoms with Crippen molar-refractivity contribution in [2.45, 2.75) is 62.6 Å². The van der Waals surface area contributed by atoms with Gasteiger partial charge in [0.2, 0.25) is 5.91 Å². The predicted octanol–water partition coefficient (Wildman–Crippen LogP) is 4.38. The lowest BCUT2D eigenvalue weighted by atomic mass is 9.71. The van der Waals surface area contributed by atoms with Crippen molar-refractivity contribution in [1.82, 2.24) is 4.90 Å². The van der Waals surface area contributed by atoms with Gasteiger partial charge < -0.3 is 10.8 Å². The summed E-state index contributed by atoms with van der Waals surface area (Å²) in [5.41, 5.74) is 5.21. The van der Waals surface area contributed by atoms with Crippen LogP contribution < -0.4 is 5.73 Å². The molecule has 1 amide bonds. The van der Waals surface area contributed by atoms with Crippen LogP contribution >= 0.6 is 11.6 Å². The molecule has 0 saturated heterocycles. The second-order valence-electron chi connectivity index (χ2n) is 9.25. The highest BCUT2D eigenvalue weighted by Gasteiger charge is 2.60. The highest BCUT2D eigenvalue weighted by Crippen LogP contribution is 2.48. The fourth-order valence-corrected chi connectivity index (χ4v) is 5.01. The average molecular weight is 480 g/mol. The van der Waals surface area contributed by atoms with E-state index in [0.29, 0.717) is 23.9 Å². The average Bonchev–Trinajstić information content (AvgIpc) is 2.68.